The zero-order valence-corrected chi connectivity index (χ0v) is 17.0. The van der Waals surface area contributed by atoms with Crippen LogP contribution in [0.4, 0.5) is 0 Å². The number of carbonyl (C=O) groups is 2. The van der Waals surface area contributed by atoms with Gasteiger partial charge in [-0.05, 0) is 25.0 Å². The lowest BCUT2D eigenvalue weighted by Crippen LogP contribution is -2.47. The molecule has 4 atom stereocenters. The summed E-state index contributed by atoms with van der Waals surface area (Å²) in [5.41, 5.74) is 11.4. The van der Waals surface area contributed by atoms with E-state index in [9.17, 15) is 19.8 Å². The number of rotatable bonds is 13. The van der Waals surface area contributed by atoms with Gasteiger partial charge in [-0.15, -0.1) is 11.8 Å². The van der Waals surface area contributed by atoms with E-state index >= 15 is 0 Å². The lowest BCUT2D eigenvalue weighted by atomic mass is 9.82. The van der Waals surface area contributed by atoms with Gasteiger partial charge in [0.1, 0.15) is 5.25 Å². The molecule has 8 nitrogen and oxygen atoms in total. The molecule has 0 spiro atoms. The molecule has 0 aromatic carbocycles. The number of hydrogen-bond donors (Lipinski definition) is 4. The molecule has 0 saturated heterocycles. The summed E-state index contributed by atoms with van der Waals surface area (Å²) in [6, 6.07) is -0.618. The second kappa shape index (κ2) is 12.5. The van der Waals surface area contributed by atoms with Crippen molar-refractivity contribution in [3.05, 3.63) is 0 Å². The predicted molar refractivity (Wildman–Crippen MR) is 102 cm³/mol. The monoisotopic (exact) mass is 394 g/mol. The molecule has 0 saturated carbocycles. The van der Waals surface area contributed by atoms with Crippen molar-refractivity contribution in [2.75, 3.05) is 26.6 Å². The molecule has 154 valence electrons. The number of carbonyl (C=O) groups excluding carboxylic acids is 2. The largest absolute Gasteiger partial charge is 0.469 e. The van der Waals surface area contributed by atoms with Gasteiger partial charge in [0.2, 0.25) is 0 Å². The molecule has 0 heterocycles. The molecule has 0 aromatic rings. The Hall–Kier alpha value is -0.870. The molecule has 9 heteroatoms. The van der Waals surface area contributed by atoms with Gasteiger partial charge in [0.25, 0.3) is 0 Å². The highest BCUT2D eigenvalue weighted by molar-refractivity contribution is 8.00. The summed E-state index contributed by atoms with van der Waals surface area (Å²) < 4.78 is 9.29. The molecule has 6 N–H and O–H groups in total. The quantitative estimate of drug-likeness (QED) is 0.318. The Morgan fingerprint density at radius 1 is 1.12 bits per heavy atom. The third-order valence-electron chi connectivity index (χ3n) is 4.34. The van der Waals surface area contributed by atoms with Crippen LogP contribution in [0.2, 0.25) is 0 Å². The Kier molecular flexibility index (Phi) is 12.1. The molecule has 0 aliphatic heterocycles. The van der Waals surface area contributed by atoms with Gasteiger partial charge in [0.05, 0.1) is 33.4 Å². The SMILES string of the molecule is COC(=O)CC(SCCC(N)CCC(N)C(O)C(C)(C)CO)C(=O)OC. The average molecular weight is 395 g/mol. The molecule has 0 aliphatic rings. The van der Waals surface area contributed by atoms with E-state index in [2.05, 4.69) is 4.74 Å². The summed E-state index contributed by atoms with van der Waals surface area (Å²) in [5.74, 6) is -0.355. The molecule has 26 heavy (non-hydrogen) atoms. The first-order valence-corrected chi connectivity index (χ1v) is 9.70. The number of esters is 2. The van der Waals surface area contributed by atoms with Crippen LogP contribution in [0.25, 0.3) is 0 Å². The maximum Gasteiger partial charge on any atom is 0.319 e. The molecule has 0 bridgehead atoms. The minimum absolute atomic E-state index is 0.0453. The Labute approximate surface area is 160 Å². The maximum absolute atomic E-state index is 11.7. The summed E-state index contributed by atoms with van der Waals surface area (Å²) in [4.78, 5) is 23.1. The van der Waals surface area contributed by atoms with E-state index in [0.29, 0.717) is 25.0 Å². The van der Waals surface area contributed by atoms with Crippen molar-refractivity contribution >= 4 is 23.7 Å². The van der Waals surface area contributed by atoms with Gasteiger partial charge in [-0.2, -0.15) is 0 Å². The van der Waals surface area contributed by atoms with E-state index in [0.717, 1.165) is 0 Å². The first-order chi connectivity index (χ1) is 12.1. The summed E-state index contributed by atoms with van der Waals surface area (Å²) in [6.07, 6.45) is 0.902. The van der Waals surface area contributed by atoms with Crippen LogP contribution in [0.3, 0.4) is 0 Å². The lowest BCUT2D eigenvalue weighted by Gasteiger charge is -2.33. The number of hydrogen-bond acceptors (Lipinski definition) is 9. The molecular formula is C17H34N2O6S. The van der Waals surface area contributed by atoms with Crippen LogP contribution in [-0.4, -0.2) is 72.2 Å². The minimum atomic E-state index is -0.821. The molecule has 0 amide bonds. The molecule has 0 aliphatic carbocycles. The van der Waals surface area contributed by atoms with Crippen molar-refractivity contribution in [2.45, 2.75) is 63.0 Å². The molecule has 0 aromatic heterocycles. The van der Waals surface area contributed by atoms with Crippen LogP contribution >= 0.6 is 11.8 Å². The number of thioether (sulfide) groups is 1. The minimum Gasteiger partial charge on any atom is -0.469 e. The van der Waals surface area contributed by atoms with Gasteiger partial charge in [-0.1, -0.05) is 13.8 Å². The van der Waals surface area contributed by atoms with E-state index in [1.807, 2.05) is 0 Å². The Morgan fingerprint density at radius 3 is 2.23 bits per heavy atom. The van der Waals surface area contributed by atoms with Crippen LogP contribution in [0.1, 0.15) is 39.5 Å². The third kappa shape index (κ3) is 9.18. The Bertz CT molecular complexity index is 435. The van der Waals surface area contributed by atoms with Crippen LogP contribution in [0.15, 0.2) is 0 Å². The number of nitrogens with two attached hydrogens (primary N) is 2. The van der Waals surface area contributed by atoms with Crippen molar-refractivity contribution in [1.82, 2.24) is 0 Å². The van der Waals surface area contributed by atoms with Gasteiger partial charge in [-0.3, -0.25) is 9.59 Å². The van der Waals surface area contributed by atoms with Gasteiger partial charge in [-0.25, -0.2) is 0 Å². The number of ether oxygens (including phenoxy) is 2. The molecule has 4 unspecified atom stereocenters. The average Bonchev–Trinajstić information content (AvgIpc) is 2.63. The zero-order chi connectivity index (χ0) is 20.3. The molecule has 0 fully saturated rings. The Morgan fingerprint density at radius 2 is 1.73 bits per heavy atom. The molecule has 0 radical (unpaired) electrons. The fourth-order valence-corrected chi connectivity index (χ4v) is 3.53. The second-order valence-corrected chi connectivity index (χ2v) is 8.35. The van der Waals surface area contributed by atoms with Gasteiger partial charge >= 0.3 is 11.9 Å². The maximum atomic E-state index is 11.7. The summed E-state index contributed by atoms with van der Waals surface area (Å²) in [7, 11) is 2.55. The van der Waals surface area contributed by atoms with Crippen molar-refractivity contribution in [1.29, 1.82) is 0 Å². The third-order valence-corrected chi connectivity index (χ3v) is 5.57. The van der Waals surface area contributed by atoms with Gasteiger partial charge in [0, 0.05) is 17.5 Å². The molecular weight excluding hydrogens is 360 g/mol. The highest BCUT2D eigenvalue weighted by Gasteiger charge is 2.32. The van der Waals surface area contributed by atoms with Crippen molar-refractivity contribution in [3.8, 4) is 0 Å². The standard InChI is InChI=1S/C17H34N2O6S/c1-17(2,10-20)15(22)12(19)6-5-11(18)7-8-26-13(16(23)25-4)9-14(21)24-3/h11-13,15,20,22H,5-10,18-19H2,1-4H3. The number of aliphatic hydroxyl groups excluding tert-OH is 2. The van der Waals surface area contributed by atoms with E-state index in [4.69, 9.17) is 16.2 Å². The number of methoxy groups -OCH3 is 2. The first-order valence-electron chi connectivity index (χ1n) is 8.65. The van der Waals surface area contributed by atoms with Crippen LogP contribution in [0, 0.1) is 5.41 Å². The van der Waals surface area contributed by atoms with Gasteiger partial charge in [0.15, 0.2) is 0 Å². The topological polar surface area (TPSA) is 145 Å². The van der Waals surface area contributed by atoms with Crippen molar-refractivity contribution < 1.29 is 29.3 Å². The normalized spacial score (nSPS) is 16.5. The van der Waals surface area contributed by atoms with Crippen molar-refractivity contribution in [2.24, 2.45) is 16.9 Å². The van der Waals surface area contributed by atoms with E-state index in [1.54, 1.807) is 13.8 Å². The first kappa shape index (κ1) is 25.1. The summed E-state index contributed by atoms with van der Waals surface area (Å²) >= 11 is 1.31. The van der Waals surface area contributed by atoms with E-state index in [-0.39, 0.29) is 19.1 Å². The van der Waals surface area contributed by atoms with Crippen LogP contribution < -0.4 is 11.5 Å². The molecule has 0 rings (SSSR count). The van der Waals surface area contributed by atoms with Crippen LogP contribution in [-0.2, 0) is 19.1 Å². The summed E-state index contributed by atoms with van der Waals surface area (Å²) in [5, 5.41) is 18.9. The number of aliphatic hydroxyl groups is 2. The van der Waals surface area contributed by atoms with E-state index < -0.39 is 34.7 Å². The fourth-order valence-electron chi connectivity index (χ4n) is 2.32. The fraction of sp³-hybridized carbons (Fsp3) is 0.882. The Balaban J connectivity index is 4.29. The van der Waals surface area contributed by atoms with E-state index in [1.165, 1.54) is 26.0 Å². The highest BCUT2D eigenvalue weighted by atomic mass is 32.2. The zero-order valence-electron chi connectivity index (χ0n) is 16.1. The lowest BCUT2D eigenvalue weighted by molar-refractivity contribution is -0.146. The highest BCUT2D eigenvalue weighted by Crippen LogP contribution is 2.24. The van der Waals surface area contributed by atoms with Crippen LogP contribution in [0.5, 0.6) is 0 Å². The van der Waals surface area contributed by atoms with Gasteiger partial charge < -0.3 is 31.2 Å². The van der Waals surface area contributed by atoms with Crippen molar-refractivity contribution in [3.63, 3.8) is 0 Å². The predicted octanol–water partition coefficient (Wildman–Crippen LogP) is 0.0286. The smallest absolute Gasteiger partial charge is 0.319 e. The summed E-state index contributed by atoms with van der Waals surface area (Å²) in [6.45, 7) is 3.35. The second-order valence-electron chi connectivity index (χ2n) is 7.04.